The molecule has 1 aliphatic rings. The molecule has 1 aliphatic carbocycles. The maximum Gasteiger partial charge on any atom is 0.162 e. The highest BCUT2D eigenvalue weighted by Crippen LogP contribution is 2.28. The molecule has 0 saturated heterocycles. The lowest BCUT2D eigenvalue weighted by Gasteiger charge is -2.08. The van der Waals surface area contributed by atoms with Crippen LogP contribution in [0.4, 0.5) is 0 Å². The number of rotatable bonds is 6. The van der Waals surface area contributed by atoms with Gasteiger partial charge in [-0.25, -0.2) is 4.98 Å². The average molecular weight is 287 g/mol. The van der Waals surface area contributed by atoms with Gasteiger partial charge in [0.2, 0.25) is 0 Å². The number of H-pyrrole nitrogens is 1. The highest BCUT2D eigenvalue weighted by Gasteiger charge is 2.17. The lowest BCUT2D eigenvalue weighted by molar-refractivity contribution is 0.276. The van der Waals surface area contributed by atoms with Crippen LogP contribution in [0.3, 0.4) is 0 Å². The van der Waals surface area contributed by atoms with Gasteiger partial charge in [0.05, 0.1) is 7.11 Å². The fourth-order valence-electron chi connectivity index (χ4n) is 2.85. The number of nitrogens with one attached hydrogen (secondary N) is 1. The molecule has 0 amide bonds. The minimum absolute atomic E-state index is 0.373. The Kier molecular flexibility index (Phi) is 4.38. The standard InChI is InChI=1S/C16H21N3O2/c1-20-13-8-4-5-9-14(13)21-11-16-17-15(18-19-16)10-12-6-2-3-7-12/h4-5,8-9,12H,2-3,6-7,10-11H2,1H3,(H,17,18,19). The normalized spacial score (nSPS) is 15.3. The molecule has 3 rings (SSSR count). The van der Waals surface area contributed by atoms with Crippen LogP contribution < -0.4 is 9.47 Å². The summed E-state index contributed by atoms with van der Waals surface area (Å²) in [5, 5.41) is 7.25. The van der Waals surface area contributed by atoms with Gasteiger partial charge in [-0.3, -0.25) is 5.10 Å². The molecule has 1 heterocycles. The van der Waals surface area contributed by atoms with Crippen molar-refractivity contribution in [1.82, 2.24) is 15.2 Å². The van der Waals surface area contributed by atoms with Crippen molar-refractivity contribution >= 4 is 0 Å². The SMILES string of the molecule is COc1ccccc1OCc1nc(CC2CCCC2)n[nH]1. The fourth-order valence-corrected chi connectivity index (χ4v) is 2.85. The molecule has 21 heavy (non-hydrogen) atoms. The fraction of sp³-hybridized carbons (Fsp3) is 0.500. The number of benzene rings is 1. The summed E-state index contributed by atoms with van der Waals surface area (Å²) in [5.41, 5.74) is 0. The Morgan fingerprint density at radius 2 is 1.95 bits per heavy atom. The summed E-state index contributed by atoms with van der Waals surface area (Å²) in [5.74, 6) is 3.86. The first-order valence-electron chi connectivity index (χ1n) is 7.51. The van der Waals surface area contributed by atoms with E-state index in [0.29, 0.717) is 12.4 Å². The first-order chi connectivity index (χ1) is 10.3. The van der Waals surface area contributed by atoms with Crippen LogP contribution in [-0.4, -0.2) is 22.3 Å². The van der Waals surface area contributed by atoms with E-state index >= 15 is 0 Å². The van der Waals surface area contributed by atoms with Crippen LogP contribution in [-0.2, 0) is 13.0 Å². The Morgan fingerprint density at radius 3 is 2.71 bits per heavy atom. The van der Waals surface area contributed by atoms with Gasteiger partial charge in [0, 0.05) is 6.42 Å². The van der Waals surface area contributed by atoms with E-state index in [0.717, 1.165) is 29.7 Å². The second kappa shape index (κ2) is 6.61. The van der Waals surface area contributed by atoms with Crippen molar-refractivity contribution in [3.63, 3.8) is 0 Å². The second-order valence-electron chi connectivity index (χ2n) is 5.49. The van der Waals surface area contributed by atoms with E-state index in [1.807, 2.05) is 24.3 Å². The number of para-hydroxylation sites is 2. The smallest absolute Gasteiger partial charge is 0.162 e. The average Bonchev–Trinajstić information content (AvgIpc) is 3.18. The van der Waals surface area contributed by atoms with Gasteiger partial charge in [-0.15, -0.1) is 0 Å². The van der Waals surface area contributed by atoms with Gasteiger partial charge in [-0.1, -0.05) is 37.8 Å². The van der Waals surface area contributed by atoms with Gasteiger partial charge in [-0.2, -0.15) is 5.10 Å². The van der Waals surface area contributed by atoms with Crippen molar-refractivity contribution in [1.29, 1.82) is 0 Å². The molecule has 0 atom stereocenters. The third-order valence-corrected chi connectivity index (χ3v) is 3.96. The van der Waals surface area contributed by atoms with E-state index in [1.165, 1.54) is 25.7 Å². The van der Waals surface area contributed by atoms with Crippen LogP contribution in [0.1, 0.15) is 37.3 Å². The van der Waals surface area contributed by atoms with Crippen molar-refractivity contribution < 1.29 is 9.47 Å². The Morgan fingerprint density at radius 1 is 1.19 bits per heavy atom. The van der Waals surface area contributed by atoms with Crippen LogP contribution in [0.2, 0.25) is 0 Å². The zero-order valence-corrected chi connectivity index (χ0v) is 12.3. The summed E-state index contributed by atoms with van der Waals surface area (Å²) in [7, 11) is 1.64. The highest BCUT2D eigenvalue weighted by molar-refractivity contribution is 5.39. The van der Waals surface area contributed by atoms with E-state index < -0.39 is 0 Å². The quantitative estimate of drug-likeness (QED) is 0.886. The van der Waals surface area contributed by atoms with Gasteiger partial charge in [0.25, 0.3) is 0 Å². The molecule has 1 aromatic carbocycles. The van der Waals surface area contributed by atoms with E-state index in [4.69, 9.17) is 9.47 Å². The summed E-state index contributed by atoms with van der Waals surface area (Å²) in [6, 6.07) is 7.60. The first-order valence-corrected chi connectivity index (χ1v) is 7.51. The zero-order valence-electron chi connectivity index (χ0n) is 12.3. The van der Waals surface area contributed by atoms with Crippen molar-refractivity contribution in [2.24, 2.45) is 5.92 Å². The first kappa shape index (κ1) is 13.9. The van der Waals surface area contributed by atoms with Crippen LogP contribution in [0.25, 0.3) is 0 Å². The van der Waals surface area contributed by atoms with Gasteiger partial charge in [0.1, 0.15) is 6.61 Å². The number of hydrogen-bond donors (Lipinski definition) is 1. The van der Waals surface area contributed by atoms with Crippen molar-refractivity contribution in [2.45, 2.75) is 38.7 Å². The van der Waals surface area contributed by atoms with Gasteiger partial charge in [-0.05, 0) is 18.1 Å². The van der Waals surface area contributed by atoms with Gasteiger partial charge < -0.3 is 9.47 Å². The Hall–Kier alpha value is -2.04. The van der Waals surface area contributed by atoms with Crippen LogP contribution >= 0.6 is 0 Å². The molecule has 112 valence electrons. The van der Waals surface area contributed by atoms with Gasteiger partial charge >= 0.3 is 0 Å². The van der Waals surface area contributed by atoms with E-state index in [2.05, 4.69) is 15.2 Å². The number of ether oxygens (including phenoxy) is 2. The van der Waals surface area contributed by atoms with Crippen LogP contribution in [0, 0.1) is 5.92 Å². The molecule has 0 radical (unpaired) electrons. The molecule has 2 aromatic rings. The molecule has 5 nitrogen and oxygen atoms in total. The van der Waals surface area contributed by atoms with Crippen molar-refractivity contribution in [3.05, 3.63) is 35.9 Å². The summed E-state index contributed by atoms with van der Waals surface area (Å²) in [6.45, 7) is 0.373. The molecule has 0 unspecified atom stereocenters. The minimum Gasteiger partial charge on any atom is -0.493 e. The van der Waals surface area contributed by atoms with Crippen molar-refractivity contribution in [2.75, 3.05) is 7.11 Å². The molecule has 0 bridgehead atoms. The maximum atomic E-state index is 5.74. The Balaban J connectivity index is 1.57. The molecule has 5 heteroatoms. The van der Waals surface area contributed by atoms with Crippen LogP contribution in [0.15, 0.2) is 24.3 Å². The van der Waals surface area contributed by atoms with Crippen LogP contribution in [0.5, 0.6) is 11.5 Å². The van der Waals surface area contributed by atoms with Crippen molar-refractivity contribution in [3.8, 4) is 11.5 Å². The second-order valence-corrected chi connectivity index (χ2v) is 5.49. The molecule has 1 fully saturated rings. The number of aromatic amines is 1. The summed E-state index contributed by atoms with van der Waals surface area (Å²) in [4.78, 5) is 4.51. The largest absolute Gasteiger partial charge is 0.493 e. The highest BCUT2D eigenvalue weighted by atomic mass is 16.5. The zero-order chi connectivity index (χ0) is 14.5. The number of methoxy groups -OCH3 is 1. The monoisotopic (exact) mass is 287 g/mol. The third-order valence-electron chi connectivity index (χ3n) is 3.96. The number of aromatic nitrogens is 3. The third kappa shape index (κ3) is 3.54. The molecule has 0 aliphatic heterocycles. The molecule has 1 aromatic heterocycles. The molecule has 0 spiro atoms. The van der Waals surface area contributed by atoms with E-state index in [1.54, 1.807) is 7.11 Å². The predicted octanol–water partition coefficient (Wildman–Crippen LogP) is 3.13. The summed E-state index contributed by atoms with van der Waals surface area (Å²) >= 11 is 0. The number of hydrogen-bond acceptors (Lipinski definition) is 4. The summed E-state index contributed by atoms with van der Waals surface area (Å²) in [6.07, 6.45) is 6.28. The number of nitrogens with zero attached hydrogens (tertiary/aromatic N) is 2. The maximum absolute atomic E-state index is 5.74. The Labute approximate surface area is 124 Å². The lowest BCUT2D eigenvalue weighted by atomic mass is 10.0. The molecule has 1 saturated carbocycles. The summed E-state index contributed by atoms with van der Waals surface area (Å²) < 4.78 is 11.0. The Bertz CT molecular complexity index is 576. The molecular weight excluding hydrogens is 266 g/mol. The van der Waals surface area contributed by atoms with E-state index in [9.17, 15) is 0 Å². The minimum atomic E-state index is 0.373. The van der Waals surface area contributed by atoms with E-state index in [-0.39, 0.29) is 0 Å². The topological polar surface area (TPSA) is 60.0 Å². The predicted molar refractivity (Wildman–Crippen MR) is 79.4 cm³/mol. The van der Waals surface area contributed by atoms with Gasteiger partial charge in [0.15, 0.2) is 23.1 Å². The molecule has 1 N–H and O–H groups in total. The molecular formula is C16H21N3O2. The lowest BCUT2D eigenvalue weighted by Crippen LogP contribution is -2.01.